The van der Waals surface area contributed by atoms with Gasteiger partial charge in [0, 0.05) is 31.4 Å². The minimum absolute atomic E-state index is 0.0178. The van der Waals surface area contributed by atoms with Crippen molar-refractivity contribution in [3.63, 3.8) is 0 Å². The molecule has 0 aromatic carbocycles. The predicted molar refractivity (Wildman–Crippen MR) is 73.1 cm³/mol. The third kappa shape index (κ3) is 3.13. The quantitative estimate of drug-likeness (QED) is 0.802. The van der Waals surface area contributed by atoms with Gasteiger partial charge >= 0.3 is 0 Å². The number of nitrogens with two attached hydrogens (primary N) is 2. The van der Waals surface area contributed by atoms with Gasteiger partial charge in [-0.3, -0.25) is 14.4 Å². The van der Waals surface area contributed by atoms with Gasteiger partial charge in [-0.2, -0.15) is 5.10 Å². The number of aromatic nitrogens is 2. The third-order valence-corrected chi connectivity index (χ3v) is 3.81. The second-order valence-electron chi connectivity index (χ2n) is 5.49. The molecule has 2 rings (SSSR count). The molecule has 1 amide bonds. The van der Waals surface area contributed by atoms with E-state index in [-0.39, 0.29) is 23.9 Å². The SMILES string of the molecule is CC(N)C(c1cnn(C)c1)N1CCCC(C(N)=O)C1. The van der Waals surface area contributed by atoms with Crippen molar-refractivity contribution in [1.29, 1.82) is 0 Å². The van der Waals surface area contributed by atoms with Crippen LogP contribution >= 0.6 is 0 Å². The van der Waals surface area contributed by atoms with E-state index in [1.807, 2.05) is 26.4 Å². The summed E-state index contributed by atoms with van der Waals surface area (Å²) in [7, 11) is 1.89. The number of amides is 1. The molecule has 1 aromatic rings. The molecule has 19 heavy (non-hydrogen) atoms. The number of likely N-dealkylation sites (tertiary alicyclic amines) is 1. The lowest BCUT2D eigenvalue weighted by atomic mass is 9.93. The Kier molecular flexibility index (Phi) is 4.21. The van der Waals surface area contributed by atoms with Crippen LogP contribution in [-0.4, -0.2) is 39.7 Å². The Bertz CT molecular complexity index is 442. The lowest BCUT2D eigenvalue weighted by Gasteiger charge is -2.38. The summed E-state index contributed by atoms with van der Waals surface area (Å²) in [4.78, 5) is 13.6. The minimum Gasteiger partial charge on any atom is -0.369 e. The summed E-state index contributed by atoms with van der Waals surface area (Å²) < 4.78 is 1.78. The van der Waals surface area contributed by atoms with Gasteiger partial charge in [0.2, 0.25) is 5.91 Å². The van der Waals surface area contributed by atoms with Crippen molar-refractivity contribution >= 4 is 5.91 Å². The van der Waals surface area contributed by atoms with E-state index >= 15 is 0 Å². The molecule has 1 fully saturated rings. The molecule has 6 heteroatoms. The van der Waals surface area contributed by atoms with E-state index in [1.54, 1.807) is 4.68 Å². The Hall–Kier alpha value is -1.40. The summed E-state index contributed by atoms with van der Waals surface area (Å²) in [6, 6.07) is 0.0756. The van der Waals surface area contributed by atoms with Gasteiger partial charge in [0.25, 0.3) is 0 Å². The van der Waals surface area contributed by atoms with E-state index in [9.17, 15) is 4.79 Å². The molecule has 1 aliphatic rings. The summed E-state index contributed by atoms with van der Waals surface area (Å²) >= 11 is 0. The number of hydrogen-bond donors (Lipinski definition) is 2. The van der Waals surface area contributed by atoms with Gasteiger partial charge in [-0.15, -0.1) is 0 Å². The molecule has 0 bridgehead atoms. The number of nitrogens with zero attached hydrogens (tertiary/aromatic N) is 3. The number of hydrogen-bond acceptors (Lipinski definition) is 4. The molecule has 2 heterocycles. The van der Waals surface area contributed by atoms with E-state index in [1.165, 1.54) is 0 Å². The van der Waals surface area contributed by atoms with Gasteiger partial charge in [0.1, 0.15) is 0 Å². The lowest BCUT2D eigenvalue weighted by molar-refractivity contribution is -0.123. The molecule has 4 N–H and O–H groups in total. The van der Waals surface area contributed by atoms with Crippen LogP contribution in [0, 0.1) is 5.92 Å². The maximum Gasteiger partial charge on any atom is 0.221 e. The zero-order valence-corrected chi connectivity index (χ0v) is 11.6. The van der Waals surface area contributed by atoms with Gasteiger partial charge in [-0.25, -0.2) is 0 Å². The van der Waals surface area contributed by atoms with Crippen LogP contribution in [0.4, 0.5) is 0 Å². The van der Waals surface area contributed by atoms with Crippen LogP contribution in [0.1, 0.15) is 31.4 Å². The molecule has 1 saturated heterocycles. The van der Waals surface area contributed by atoms with Crippen molar-refractivity contribution < 1.29 is 4.79 Å². The fourth-order valence-corrected chi connectivity index (χ4v) is 2.93. The first-order valence-electron chi connectivity index (χ1n) is 6.76. The van der Waals surface area contributed by atoms with Crippen LogP contribution in [0.15, 0.2) is 12.4 Å². The third-order valence-electron chi connectivity index (χ3n) is 3.81. The zero-order valence-electron chi connectivity index (χ0n) is 11.6. The van der Waals surface area contributed by atoms with Crippen molar-refractivity contribution in [2.24, 2.45) is 24.4 Å². The van der Waals surface area contributed by atoms with Crippen molar-refractivity contribution in [1.82, 2.24) is 14.7 Å². The second-order valence-corrected chi connectivity index (χ2v) is 5.49. The molecular formula is C13H23N5O. The van der Waals surface area contributed by atoms with Gasteiger partial charge in [-0.1, -0.05) is 0 Å². The van der Waals surface area contributed by atoms with Gasteiger partial charge in [0.15, 0.2) is 0 Å². The van der Waals surface area contributed by atoms with Gasteiger partial charge in [0.05, 0.1) is 18.2 Å². The Morgan fingerprint density at radius 3 is 2.84 bits per heavy atom. The molecule has 1 aliphatic heterocycles. The van der Waals surface area contributed by atoms with Crippen molar-refractivity contribution in [2.75, 3.05) is 13.1 Å². The standard InChI is InChI=1S/C13H23N5O/c1-9(14)12(11-6-16-17(2)7-11)18-5-3-4-10(8-18)13(15)19/h6-7,9-10,12H,3-5,8,14H2,1-2H3,(H2,15,19). The molecule has 3 unspecified atom stereocenters. The van der Waals surface area contributed by atoms with Crippen LogP contribution in [0.2, 0.25) is 0 Å². The van der Waals surface area contributed by atoms with E-state index in [2.05, 4.69) is 10.00 Å². The summed E-state index contributed by atoms with van der Waals surface area (Å²) in [5.74, 6) is -0.272. The molecular weight excluding hydrogens is 242 g/mol. The highest BCUT2D eigenvalue weighted by Crippen LogP contribution is 2.28. The van der Waals surface area contributed by atoms with E-state index in [4.69, 9.17) is 11.5 Å². The highest BCUT2D eigenvalue weighted by Gasteiger charge is 2.31. The predicted octanol–water partition coefficient (Wildman–Crippen LogP) is 0.00570. The molecule has 6 nitrogen and oxygen atoms in total. The topological polar surface area (TPSA) is 90.2 Å². The maximum atomic E-state index is 11.4. The number of piperidine rings is 1. The monoisotopic (exact) mass is 265 g/mol. The Labute approximate surface area is 113 Å². The second kappa shape index (κ2) is 5.71. The van der Waals surface area contributed by atoms with Crippen molar-refractivity contribution in [2.45, 2.75) is 31.8 Å². The number of rotatable bonds is 4. The van der Waals surface area contributed by atoms with Crippen LogP contribution in [0.3, 0.4) is 0 Å². The first-order valence-corrected chi connectivity index (χ1v) is 6.76. The largest absolute Gasteiger partial charge is 0.369 e. The molecule has 106 valence electrons. The number of carbonyl (C=O) groups excluding carboxylic acids is 1. The molecule has 0 aliphatic carbocycles. The van der Waals surface area contributed by atoms with Gasteiger partial charge in [-0.05, 0) is 26.3 Å². The summed E-state index contributed by atoms with van der Waals surface area (Å²) in [5.41, 5.74) is 12.7. The number of aryl methyl sites for hydroxylation is 1. The highest BCUT2D eigenvalue weighted by atomic mass is 16.1. The fraction of sp³-hybridized carbons (Fsp3) is 0.692. The first kappa shape index (κ1) is 14.0. The van der Waals surface area contributed by atoms with E-state index in [0.29, 0.717) is 6.54 Å². The maximum absolute atomic E-state index is 11.4. The van der Waals surface area contributed by atoms with Crippen molar-refractivity contribution in [3.8, 4) is 0 Å². The molecule has 0 saturated carbocycles. The fourth-order valence-electron chi connectivity index (χ4n) is 2.93. The smallest absolute Gasteiger partial charge is 0.221 e. The van der Waals surface area contributed by atoms with Crippen molar-refractivity contribution in [3.05, 3.63) is 18.0 Å². The molecule has 0 radical (unpaired) electrons. The number of primary amides is 1. The highest BCUT2D eigenvalue weighted by molar-refractivity contribution is 5.76. The zero-order chi connectivity index (χ0) is 14.0. The van der Waals surface area contributed by atoms with Gasteiger partial charge < -0.3 is 11.5 Å². The lowest BCUT2D eigenvalue weighted by Crippen LogP contribution is -2.47. The normalized spacial score (nSPS) is 24.1. The Morgan fingerprint density at radius 1 is 1.58 bits per heavy atom. The van der Waals surface area contributed by atoms with E-state index in [0.717, 1.165) is 24.9 Å². The van der Waals surface area contributed by atoms with Crippen LogP contribution < -0.4 is 11.5 Å². The first-order chi connectivity index (χ1) is 8.99. The van der Waals surface area contributed by atoms with Crippen LogP contribution in [0.5, 0.6) is 0 Å². The molecule has 3 atom stereocenters. The summed E-state index contributed by atoms with van der Waals surface area (Å²) in [6.07, 6.45) is 5.70. The number of carbonyl (C=O) groups is 1. The molecule has 0 spiro atoms. The summed E-state index contributed by atoms with van der Waals surface area (Å²) in [5, 5.41) is 4.21. The average molecular weight is 265 g/mol. The van der Waals surface area contributed by atoms with Crippen LogP contribution in [0.25, 0.3) is 0 Å². The average Bonchev–Trinajstić information content (AvgIpc) is 2.75. The molecule has 1 aromatic heterocycles. The minimum atomic E-state index is -0.209. The van der Waals surface area contributed by atoms with Crippen LogP contribution in [-0.2, 0) is 11.8 Å². The Morgan fingerprint density at radius 2 is 2.32 bits per heavy atom. The summed E-state index contributed by atoms with van der Waals surface area (Å²) in [6.45, 7) is 3.63. The van der Waals surface area contributed by atoms with E-state index < -0.39 is 0 Å². The Balaban J connectivity index is 2.17.